The van der Waals surface area contributed by atoms with Crippen LogP contribution in [0.25, 0.3) is 16.9 Å². The average molecular weight is 498 g/mol. The van der Waals surface area contributed by atoms with E-state index in [2.05, 4.69) is 15.4 Å². The van der Waals surface area contributed by atoms with Crippen molar-refractivity contribution in [2.75, 3.05) is 5.32 Å². The Hall–Kier alpha value is -3.14. The monoisotopic (exact) mass is 497 g/mol. The molecule has 2 heterocycles. The van der Waals surface area contributed by atoms with Crippen molar-refractivity contribution in [3.05, 3.63) is 76.8 Å². The minimum absolute atomic E-state index is 0.0917. The lowest BCUT2D eigenvalue weighted by Crippen LogP contribution is -2.22. The zero-order chi connectivity index (χ0) is 23.4. The molecular formula is C23H20ClN5O2S2. The number of aromatic nitrogens is 3. The molecule has 3 N–H and O–H groups in total. The summed E-state index contributed by atoms with van der Waals surface area (Å²) in [5.41, 5.74) is 8.28. The van der Waals surface area contributed by atoms with Crippen molar-refractivity contribution in [2.45, 2.75) is 22.9 Å². The summed E-state index contributed by atoms with van der Waals surface area (Å²) in [4.78, 5) is 28.5. The van der Waals surface area contributed by atoms with Crippen LogP contribution < -0.4 is 11.1 Å². The van der Waals surface area contributed by atoms with Gasteiger partial charge in [-0.2, -0.15) is 5.10 Å². The molecule has 1 unspecified atom stereocenters. The van der Waals surface area contributed by atoms with Gasteiger partial charge in [0.15, 0.2) is 4.34 Å². The Kier molecular flexibility index (Phi) is 7.12. The van der Waals surface area contributed by atoms with E-state index in [9.17, 15) is 9.59 Å². The molecule has 0 saturated carbocycles. The first-order valence-corrected chi connectivity index (χ1v) is 12.1. The van der Waals surface area contributed by atoms with Gasteiger partial charge in [0.2, 0.25) is 11.8 Å². The van der Waals surface area contributed by atoms with Crippen molar-refractivity contribution in [3.63, 3.8) is 0 Å². The standard InChI is InChI=1S/C23H20ClN5O2S2/c1-14(22(25)31)33-23-26-17(13-32-23)11-21(30)27-20-12-19(15-6-5-7-16(24)10-15)28-29(20)18-8-3-2-4-9-18/h2-10,12-14H,11H2,1H3,(H2,25,31)(H,27,30). The van der Waals surface area contributed by atoms with Crippen molar-refractivity contribution < 1.29 is 9.59 Å². The molecule has 168 valence electrons. The number of hydrogen-bond donors (Lipinski definition) is 2. The lowest BCUT2D eigenvalue weighted by Gasteiger charge is -2.08. The van der Waals surface area contributed by atoms with Gasteiger partial charge in [-0.05, 0) is 31.2 Å². The molecule has 0 aliphatic carbocycles. The summed E-state index contributed by atoms with van der Waals surface area (Å²) in [5, 5.41) is 9.66. The van der Waals surface area contributed by atoms with Crippen molar-refractivity contribution >= 4 is 52.3 Å². The summed E-state index contributed by atoms with van der Waals surface area (Å²) in [5.74, 6) is -0.0953. The number of halogens is 1. The number of thiazole rings is 1. The summed E-state index contributed by atoms with van der Waals surface area (Å²) in [6.07, 6.45) is 0.0917. The molecular weight excluding hydrogens is 478 g/mol. The van der Waals surface area contributed by atoms with Crippen LogP contribution in [0.1, 0.15) is 12.6 Å². The van der Waals surface area contributed by atoms with Gasteiger partial charge in [-0.1, -0.05) is 53.7 Å². The highest BCUT2D eigenvalue weighted by Gasteiger charge is 2.17. The van der Waals surface area contributed by atoms with Crippen molar-refractivity contribution in [2.24, 2.45) is 5.73 Å². The van der Waals surface area contributed by atoms with Gasteiger partial charge in [0, 0.05) is 22.0 Å². The zero-order valence-corrected chi connectivity index (χ0v) is 20.0. The van der Waals surface area contributed by atoms with Crippen LogP contribution in [0.3, 0.4) is 0 Å². The molecule has 4 rings (SSSR count). The summed E-state index contributed by atoms with van der Waals surface area (Å²) in [6.45, 7) is 1.73. The maximum atomic E-state index is 12.8. The Morgan fingerprint density at radius 1 is 1.18 bits per heavy atom. The van der Waals surface area contributed by atoms with Crippen molar-refractivity contribution in [1.29, 1.82) is 0 Å². The van der Waals surface area contributed by atoms with Gasteiger partial charge in [-0.25, -0.2) is 9.67 Å². The number of carbonyl (C=O) groups is 2. The number of hydrogen-bond acceptors (Lipinski definition) is 6. The van der Waals surface area contributed by atoms with Gasteiger partial charge in [-0.15, -0.1) is 11.3 Å². The number of thioether (sulfide) groups is 1. The fraction of sp³-hybridized carbons (Fsp3) is 0.130. The number of amides is 2. The highest BCUT2D eigenvalue weighted by atomic mass is 35.5. The Bertz CT molecular complexity index is 1290. The molecule has 7 nitrogen and oxygen atoms in total. The molecule has 0 aliphatic heterocycles. The van der Waals surface area contributed by atoms with Crippen LogP contribution >= 0.6 is 34.7 Å². The Balaban J connectivity index is 1.55. The van der Waals surface area contributed by atoms with E-state index in [-0.39, 0.29) is 17.6 Å². The van der Waals surface area contributed by atoms with Crippen LogP contribution in [0.4, 0.5) is 5.82 Å². The zero-order valence-electron chi connectivity index (χ0n) is 17.6. The Morgan fingerprint density at radius 3 is 2.70 bits per heavy atom. The molecule has 0 fully saturated rings. The van der Waals surface area contributed by atoms with Crippen molar-refractivity contribution in [1.82, 2.24) is 14.8 Å². The minimum atomic E-state index is -0.404. The number of benzene rings is 2. The first kappa shape index (κ1) is 23.0. The number of nitrogens with two attached hydrogens (primary N) is 1. The molecule has 33 heavy (non-hydrogen) atoms. The van der Waals surface area contributed by atoms with E-state index in [0.717, 1.165) is 11.3 Å². The van der Waals surface area contributed by atoms with Crippen LogP contribution in [-0.4, -0.2) is 31.8 Å². The lowest BCUT2D eigenvalue weighted by molar-refractivity contribution is -0.117. The van der Waals surface area contributed by atoms with Crippen LogP contribution in [0.15, 0.2) is 70.4 Å². The lowest BCUT2D eigenvalue weighted by atomic mass is 10.1. The van der Waals surface area contributed by atoms with E-state index in [1.54, 1.807) is 17.7 Å². The molecule has 0 radical (unpaired) electrons. The number of nitrogens with zero attached hydrogens (tertiary/aromatic N) is 3. The maximum absolute atomic E-state index is 12.8. The topological polar surface area (TPSA) is 103 Å². The number of nitrogens with one attached hydrogen (secondary N) is 1. The largest absolute Gasteiger partial charge is 0.369 e. The quantitative estimate of drug-likeness (QED) is 0.340. The maximum Gasteiger partial charge on any atom is 0.231 e. The molecule has 2 amide bonds. The number of rotatable bonds is 8. The minimum Gasteiger partial charge on any atom is -0.369 e. The molecule has 1 atom stereocenters. The molecule has 10 heteroatoms. The third kappa shape index (κ3) is 5.81. The second kappa shape index (κ2) is 10.2. The van der Waals surface area contributed by atoms with Gasteiger partial charge in [0.1, 0.15) is 5.82 Å². The van der Waals surface area contributed by atoms with Crippen LogP contribution in [0.5, 0.6) is 0 Å². The predicted molar refractivity (Wildman–Crippen MR) is 133 cm³/mol. The SMILES string of the molecule is CC(Sc1nc(CC(=O)Nc2cc(-c3cccc(Cl)c3)nn2-c2ccccc2)cs1)C(N)=O. The van der Waals surface area contributed by atoms with E-state index in [1.165, 1.54) is 23.1 Å². The van der Waals surface area contributed by atoms with Gasteiger partial charge in [-0.3, -0.25) is 9.59 Å². The van der Waals surface area contributed by atoms with Gasteiger partial charge in [0.25, 0.3) is 0 Å². The summed E-state index contributed by atoms with van der Waals surface area (Å²) < 4.78 is 2.38. The third-order valence-electron chi connectivity index (χ3n) is 4.65. The number of carbonyl (C=O) groups excluding carboxylic acids is 2. The summed E-state index contributed by atoms with van der Waals surface area (Å²) >= 11 is 8.81. The first-order chi connectivity index (χ1) is 15.9. The van der Waals surface area contributed by atoms with Crippen LogP contribution in [-0.2, 0) is 16.0 Å². The fourth-order valence-corrected chi connectivity index (χ4v) is 5.13. The molecule has 0 spiro atoms. The molecule has 4 aromatic rings. The highest BCUT2D eigenvalue weighted by molar-refractivity contribution is 8.02. The summed E-state index contributed by atoms with van der Waals surface area (Å²) in [7, 11) is 0. The van der Waals surface area contributed by atoms with E-state index < -0.39 is 5.91 Å². The van der Waals surface area contributed by atoms with Gasteiger partial charge < -0.3 is 11.1 Å². The van der Waals surface area contributed by atoms with Gasteiger partial charge in [0.05, 0.1) is 28.7 Å². The van der Waals surface area contributed by atoms with Crippen molar-refractivity contribution in [3.8, 4) is 16.9 Å². The Labute approximate surface area is 204 Å². The Morgan fingerprint density at radius 2 is 1.97 bits per heavy atom. The fourth-order valence-electron chi connectivity index (χ4n) is 3.01. The number of anilines is 1. The molecule has 2 aromatic heterocycles. The first-order valence-electron chi connectivity index (χ1n) is 10.0. The van der Waals surface area contributed by atoms with E-state index in [4.69, 9.17) is 17.3 Å². The molecule has 0 bridgehead atoms. The van der Waals surface area contributed by atoms with Crippen LogP contribution in [0, 0.1) is 0 Å². The van der Waals surface area contributed by atoms with Crippen LogP contribution in [0.2, 0.25) is 5.02 Å². The smallest absolute Gasteiger partial charge is 0.231 e. The average Bonchev–Trinajstić information content (AvgIpc) is 3.41. The third-order valence-corrected chi connectivity index (χ3v) is 7.02. The second-order valence-electron chi connectivity index (χ2n) is 7.16. The van der Waals surface area contributed by atoms with E-state index >= 15 is 0 Å². The molecule has 2 aromatic carbocycles. The van der Waals surface area contributed by atoms with E-state index in [0.29, 0.717) is 26.6 Å². The molecule has 0 saturated heterocycles. The predicted octanol–water partition coefficient (Wildman–Crippen LogP) is 4.80. The highest BCUT2D eigenvalue weighted by Crippen LogP contribution is 2.28. The summed E-state index contributed by atoms with van der Waals surface area (Å²) in [6, 6.07) is 18.8. The second-order valence-corrected chi connectivity index (χ2v) is 10.0. The number of para-hydroxylation sites is 1. The molecule has 0 aliphatic rings. The van der Waals surface area contributed by atoms with E-state index in [1.807, 2.05) is 60.0 Å². The number of primary amides is 1. The normalized spacial score (nSPS) is 11.8. The van der Waals surface area contributed by atoms with Gasteiger partial charge >= 0.3 is 0 Å².